The summed E-state index contributed by atoms with van der Waals surface area (Å²) in [7, 11) is -3.10. The summed E-state index contributed by atoms with van der Waals surface area (Å²) >= 11 is 3.38. The molecule has 1 aliphatic heterocycles. The van der Waals surface area contributed by atoms with Gasteiger partial charge in [0.15, 0.2) is 16.4 Å². The number of hydrogen-bond donors (Lipinski definition) is 0. The lowest BCUT2D eigenvalue weighted by Gasteiger charge is -2.26. The van der Waals surface area contributed by atoms with Crippen molar-refractivity contribution in [3.63, 3.8) is 0 Å². The zero-order chi connectivity index (χ0) is 19.8. The van der Waals surface area contributed by atoms with E-state index >= 15 is 0 Å². The lowest BCUT2D eigenvalue weighted by Crippen LogP contribution is -2.43. The predicted molar refractivity (Wildman–Crippen MR) is 103 cm³/mol. The van der Waals surface area contributed by atoms with Crippen molar-refractivity contribution in [1.29, 1.82) is 0 Å². The van der Waals surface area contributed by atoms with Crippen LogP contribution in [0.15, 0.2) is 27.1 Å². The summed E-state index contributed by atoms with van der Waals surface area (Å²) in [5, 5.41) is 0.786. The van der Waals surface area contributed by atoms with Gasteiger partial charge in [-0.2, -0.15) is 0 Å². The highest BCUT2D eigenvalue weighted by Crippen LogP contribution is 2.28. The van der Waals surface area contributed by atoms with Gasteiger partial charge in [-0.15, -0.1) is 0 Å². The van der Waals surface area contributed by atoms with E-state index in [4.69, 9.17) is 9.15 Å². The van der Waals surface area contributed by atoms with Crippen LogP contribution in [0.1, 0.15) is 29.5 Å². The zero-order valence-corrected chi connectivity index (χ0v) is 17.4. The Labute approximate surface area is 165 Å². The largest absolute Gasteiger partial charge is 0.450 e. The monoisotopic (exact) mass is 457 g/mol. The Morgan fingerprint density at radius 3 is 2.74 bits per heavy atom. The quantitative estimate of drug-likeness (QED) is 0.640. The number of fused-ring (bicyclic) bond motifs is 1. The van der Waals surface area contributed by atoms with Crippen molar-refractivity contribution < 1.29 is 27.2 Å². The van der Waals surface area contributed by atoms with Crippen molar-refractivity contribution in [3.8, 4) is 0 Å². The fraction of sp³-hybridized carbons (Fsp3) is 0.444. The molecular weight excluding hydrogens is 438 g/mol. The number of furan rings is 1. The van der Waals surface area contributed by atoms with Crippen LogP contribution in [-0.2, 0) is 19.4 Å². The van der Waals surface area contributed by atoms with Crippen molar-refractivity contribution in [3.05, 3.63) is 34.0 Å². The summed E-state index contributed by atoms with van der Waals surface area (Å²) < 4.78 is 34.8. The van der Waals surface area contributed by atoms with E-state index in [1.54, 1.807) is 26.0 Å². The third-order valence-corrected chi connectivity index (χ3v) is 6.96. The smallest absolute Gasteiger partial charge is 0.375 e. The molecule has 3 rings (SSSR count). The summed E-state index contributed by atoms with van der Waals surface area (Å²) in [5.74, 6) is -1.04. The highest BCUT2D eigenvalue weighted by atomic mass is 79.9. The van der Waals surface area contributed by atoms with Crippen molar-refractivity contribution in [1.82, 2.24) is 4.90 Å². The van der Waals surface area contributed by atoms with E-state index < -0.39 is 28.3 Å². The second-order valence-electron chi connectivity index (χ2n) is 6.51. The number of aryl methyl sites for hydroxylation is 1. The highest BCUT2D eigenvalue weighted by molar-refractivity contribution is 9.10. The van der Waals surface area contributed by atoms with E-state index in [9.17, 15) is 18.0 Å². The maximum absolute atomic E-state index is 12.4. The topological polar surface area (TPSA) is 93.9 Å². The van der Waals surface area contributed by atoms with Gasteiger partial charge in [-0.1, -0.05) is 15.9 Å². The number of carbonyl (C=O) groups is 2. The first kappa shape index (κ1) is 19.9. The summed E-state index contributed by atoms with van der Waals surface area (Å²) in [4.78, 5) is 26.3. The van der Waals surface area contributed by atoms with Crippen molar-refractivity contribution in [2.75, 3.05) is 24.7 Å². The molecule has 1 saturated heterocycles. The molecule has 0 radical (unpaired) electrons. The molecule has 0 aliphatic carbocycles. The third-order valence-electron chi connectivity index (χ3n) is 4.72. The van der Waals surface area contributed by atoms with Crippen LogP contribution in [0.25, 0.3) is 11.0 Å². The number of likely N-dealkylation sites (N-methyl/N-ethyl adjacent to an activating group) is 1. The van der Waals surface area contributed by atoms with Crippen molar-refractivity contribution in [2.24, 2.45) is 0 Å². The van der Waals surface area contributed by atoms with Gasteiger partial charge in [0.2, 0.25) is 5.76 Å². The minimum Gasteiger partial charge on any atom is -0.450 e. The van der Waals surface area contributed by atoms with Gasteiger partial charge in [0, 0.05) is 28.0 Å². The molecule has 1 atom stereocenters. The molecule has 9 heteroatoms. The van der Waals surface area contributed by atoms with Crippen molar-refractivity contribution in [2.45, 2.75) is 26.3 Å². The molecule has 27 heavy (non-hydrogen) atoms. The number of rotatable bonds is 5. The lowest BCUT2D eigenvalue weighted by molar-refractivity contribution is -0.136. The minimum atomic E-state index is -3.10. The Morgan fingerprint density at radius 2 is 2.11 bits per heavy atom. The van der Waals surface area contributed by atoms with Gasteiger partial charge in [0.1, 0.15) is 5.58 Å². The van der Waals surface area contributed by atoms with Gasteiger partial charge < -0.3 is 14.1 Å². The molecule has 1 aliphatic rings. The molecular formula is C18H20BrNO6S. The summed E-state index contributed by atoms with van der Waals surface area (Å²) in [5.41, 5.74) is 1.19. The molecule has 1 fully saturated rings. The molecule has 7 nitrogen and oxygen atoms in total. The molecule has 1 amide bonds. The average molecular weight is 458 g/mol. The molecule has 0 spiro atoms. The van der Waals surface area contributed by atoms with Gasteiger partial charge in [0.05, 0.1) is 11.5 Å². The molecule has 146 valence electrons. The summed E-state index contributed by atoms with van der Waals surface area (Å²) in [6, 6.07) is 5.03. The first-order chi connectivity index (χ1) is 12.7. The standard InChI is InChI=1S/C18H20BrNO6S/c1-3-20(13-6-7-27(23,24)10-13)16(21)9-25-18(22)17-11(2)14-8-12(19)4-5-15(14)26-17/h4-5,8,13H,3,6-7,9-10H2,1-2H3/t13-/m0/s1. The minimum absolute atomic E-state index is 0.0436. The van der Waals surface area contributed by atoms with E-state index in [2.05, 4.69) is 15.9 Å². The Morgan fingerprint density at radius 1 is 1.37 bits per heavy atom. The van der Waals surface area contributed by atoms with Crippen LogP contribution < -0.4 is 0 Å². The maximum Gasteiger partial charge on any atom is 0.375 e. The first-order valence-electron chi connectivity index (χ1n) is 8.57. The Bertz CT molecular complexity index is 997. The maximum atomic E-state index is 12.4. The molecule has 1 aromatic heterocycles. The van der Waals surface area contributed by atoms with Crippen LogP contribution in [0.3, 0.4) is 0 Å². The molecule has 0 bridgehead atoms. The zero-order valence-electron chi connectivity index (χ0n) is 15.0. The van der Waals surface area contributed by atoms with Gasteiger partial charge >= 0.3 is 5.97 Å². The molecule has 0 N–H and O–H groups in total. The van der Waals surface area contributed by atoms with Gasteiger partial charge in [-0.25, -0.2) is 13.2 Å². The highest BCUT2D eigenvalue weighted by Gasteiger charge is 2.34. The van der Waals surface area contributed by atoms with Crippen LogP contribution in [0.4, 0.5) is 0 Å². The number of hydrogen-bond acceptors (Lipinski definition) is 6. The normalized spacial score (nSPS) is 18.6. The number of nitrogens with zero attached hydrogens (tertiary/aromatic N) is 1. The number of ether oxygens (including phenoxy) is 1. The lowest BCUT2D eigenvalue weighted by atomic mass is 10.1. The summed E-state index contributed by atoms with van der Waals surface area (Å²) in [6.07, 6.45) is 0.410. The molecule has 2 aromatic rings. The number of esters is 1. The first-order valence-corrected chi connectivity index (χ1v) is 11.2. The fourth-order valence-electron chi connectivity index (χ4n) is 3.32. The number of carbonyl (C=O) groups excluding carboxylic acids is 2. The van der Waals surface area contributed by atoms with Crippen LogP contribution in [0, 0.1) is 6.92 Å². The third kappa shape index (κ3) is 4.19. The second-order valence-corrected chi connectivity index (χ2v) is 9.65. The van der Waals surface area contributed by atoms with Crippen LogP contribution >= 0.6 is 15.9 Å². The molecule has 0 saturated carbocycles. The molecule has 1 aromatic carbocycles. The second kappa shape index (κ2) is 7.63. The Hall–Kier alpha value is -1.87. The van der Waals surface area contributed by atoms with Gasteiger partial charge in [-0.3, -0.25) is 4.79 Å². The van der Waals surface area contributed by atoms with Crippen molar-refractivity contribution >= 4 is 48.6 Å². The van der Waals surface area contributed by atoms with E-state index in [0.29, 0.717) is 24.1 Å². The van der Waals surface area contributed by atoms with E-state index in [-0.39, 0.29) is 23.3 Å². The van der Waals surface area contributed by atoms with Crippen LogP contribution in [-0.4, -0.2) is 55.9 Å². The number of amides is 1. The number of sulfone groups is 1. The summed E-state index contributed by atoms with van der Waals surface area (Å²) in [6.45, 7) is 3.42. The Kier molecular flexibility index (Phi) is 5.62. The van der Waals surface area contributed by atoms with E-state index in [1.807, 2.05) is 6.07 Å². The molecule has 2 heterocycles. The fourth-order valence-corrected chi connectivity index (χ4v) is 5.41. The Balaban J connectivity index is 1.68. The number of halogens is 1. The van der Waals surface area contributed by atoms with Gasteiger partial charge in [0.25, 0.3) is 5.91 Å². The van der Waals surface area contributed by atoms with E-state index in [1.165, 1.54) is 4.90 Å². The number of benzene rings is 1. The van der Waals surface area contributed by atoms with Crippen LogP contribution in [0.2, 0.25) is 0 Å². The van der Waals surface area contributed by atoms with Gasteiger partial charge in [-0.05, 0) is 38.5 Å². The SMILES string of the molecule is CCN(C(=O)COC(=O)c1oc2ccc(Br)cc2c1C)[C@H]1CCS(=O)(=O)C1. The average Bonchev–Trinajstić information content (AvgIpc) is 3.13. The van der Waals surface area contributed by atoms with E-state index in [0.717, 1.165) is 9.86 Å². The van der Waals surface area contributed by atoms with Crippen LogP contribution in [0.5, 0.6) is 0 Å². The molecule has 0 unspecified atom stereocenters. The predicted octanol–water partition coefficient (Wildman–Crippen LogP) is 2.70.